The lowest BCUT2D eigenvalue weighted by Crippen LogP contribution is -2.08. The molecule has 0 fully saturated rings. The Morgan fingerprint density at radius 3 is 2.86 bits per heavy atom. The summed E-state index contributed by atoms with van der Waals surface area (Å²) < 4.78 is 5.66. The summed E-state index contributed by atoms with van der Waals surface area (Å²) in [5.41, 5.74) is 5.04. The molecular formula is C21H24N4O4. The van der Waals surface area contributed by atoms with Crippen molar-refractivity contribution in [2.75, 3.05) is 18.5 Å². The van der Waals surface area contributed by atoms with Crippen molar-refractivity contribution in [3.63, 3.8) is 0 Å². The summed E-state index contributed by atoms with van der Waals surface area (Å²) in [6, 6.07) is 10.5. The number of H-pyrrole nitrogens is 1. The summed E-state index contributed by atoms with van der Waals surface area (Å²) in [6.45, 7) is 8.59. The first-order valence-corrected chi connectivity index (χ1v) is 9.24. The number of ether oxygens (including phenoxy) is 1. The number of nitro groups is 1. The van der Waals surface area contributed by atoms with Crippen LogP contribution in [-0.4, -0.2) is 33.2 Å². The van der Waals surface area contributed by atoms with E-state index >= 15 is 0 Å². The Morgan fingerprint density at radius 2 is 2.17 bits per heavy atom. The third-order valence-electron chi connectivity index (χ3n) is 4.65. The van der Waals surface area contributed by atoms with E-state index in [2.05, 4.69) is 21.9 Å². The Kier molecular flexibility index (Phi) is 6.26. The van der Waals surface area contributed by atoms with Crippen molar-refractivity contribution in [2.24, 2.45) is 0 Å². The molecule has 2 aromatic carbocycles. The highest BCUT2D eigenvalue weighted by Gasteiger charge is 2.10. The summed E-state index contributed by atoms with van der Waals surface area (Å²) in [7, 11) is 0. The topological polar surface area (TPSA) is 113 Å². The predicted octanol–water partition coefficient (Wildman–Crippen LogP) is 4.02. The average Bonchev–Trinajstić information content (AvgIpc) is 3.10. The highest BCUT2D eigenvalue weighted by Crippen LogP contribution is 2.23. The number of aliphatic hydroxyl groups excluding tert-OH is 1. The molecule has 3 rings (SSSR count). The second kappa shape index (κ2) is 8.85. The predicted molar refractivity (Wildman–Crippen MR) is 112 cm³/mol. The Balaban J connectivity index is 1.55. The van der Waals surface area contributed by atoms with Crippen molar-refractivity contribution in [1.29, 1.82) is 0 Å². The largest absolute Gasteiger partial charge is 0.396 e. The molecule has 152 valence electrons. The van der Waals surface area contributed by atoms with E-state index in [1.165, 1.54) is 12.1 Å². The number of hydrogen-bond donors (Lipinski definition) is 3. The number of aliphatic hydroxyl groups is 1. The normalized spacial score (nSPS) is 12.1. The Bertz CT molecular complexity index is 1040. The second-order valence-corrected chi connectivity index (χ2v) is 7.02. The van der Waals surface area contributed by atoms with Crippen molar-refractivity contribution in [3.05, 3.63) is 75.7 Å². The zero-order valence-electron chi connectivity index (χ0n) is 16.4. The number of nitro benzene ring substituents is 1. The maximum atomic E-state index is 10.9. The van der Waals surface area contributed by atoms with Gasteiger partial charge in [0, 0.05) is 36.0 Å². The van der Waals surface area contributed by atoms with Gasteiger partial charge in [0.1, 0.15) is 12.4 Å². The monoisotopic (exact) mass is 396 g/mol. The molecule has 0 aliphatic rings. The molecule has 29 heavy (non-hydrogen) atoms. The van der Waals surface area contributed by atoms with Crippen LogP contribution in [0.1, 0.15) is 29.8 Å². The minimum atomic E-state index is -0.439. The number of aryl methyl sites for hydroxylation is 1. The summed E-state index contributed by atoms with van der Waals surface area (Å²) in [5.74, 6) is 0.686. The number of nitrogens with one attached hydrogen (secondary N) is 2. The van der Waals surface area contributed by atoms with Gasteiger partial charge in [-0.15, -0.1) is 0 Å². The lowest BCUT2D eigenvalue weighted by molar-refractivity contribution is -0.384. The van der Waals surface area contributed by atoms with Crippen LogP contribution in [0, 0.1) is 17.0 Å². The summed E-state index contributed by atoms with van der Waals surface area (Å²) in [4.78, 5) is 17.8. The molecule has 8 nitrogen and oxygen atoms in total. The van der Waals surface area contributed by atoms with E-state index in [1.807, 2.05) is 32.0 Å². The standard InChI is InChI=1S/C21H24N4O4/c1-13-8-16(14(2)10-26)4-6-18(13)22-15(3)11-29-12-21-23-19-7-5-17(25(27)28)9-20(19)24-21/h4-9,14,22,26H,3,10-12H2,1-2H3,(H,23,24). The number of nitrogens with zero attached hydrogens (tertiary/aromatic N) is 2. The second-order valence-electron chi connectivity index (χ2n) is 7.02. The van der Waals surface area contributed by atoms with Crippen LogP contribution >= 0.6 is 0 Å². The van der Waals surface area contributed by atoms with Gasteiger partial charge in [-0.3, -0.25) is 10.1 Å². The van der Waals surface area contributed by atoms with E-state index in [-0.39, 0.29) is 31.4 Å². The van der Waals surface area contributed by atoms with Crippen LogP contribution in [0.25, 0.3) is 11.0 Å². The number of fused-ring (bicyclic) bond motifs is 1. The quantitative estimate of drug-likeness (QED) is 0.372. The lowest BCUT2D eigenvalue weighted by Gasteiger charge is -2.15. The van der Waals surface area contributed by atoms with Crippen molar-refractivity contribution in [3.8, 4) is 0 Å². The fourth-order valence-electron chi connectivity index (χ4n) is 2.97. The smallest absolute Gasteiger partial charge is 0.271 e. The molecule has 1 atom stereocenters. The van der Waals surface area contributed by atoms with E-state index in [1.54, 1.807) is 6.07 Å². The molecule has 8 heteroatoms. The fourth-order valence-corrected chi connectivity index (χ4v) is 2.97. The van der Waals surface area contributed by atoms with E-state index in [0.717, 1.165) is 16.8 Å². The maximum absolute atomic E-state index is 10.9. The third kappa shape index (κ3) is 4.98. The van der Waals surface area contributed by atoms with Crippen LogP contribution < -0.4 is 5.32 Å². The number of rotatable bonds is 9. The van der Waals surface area contributed by atoms with Crippen molar-refractivity contribution < 1.29 is 14.8 Å². The minimum Gasteiger partial charge on any atom is -0.396 e. The van der Waals surface area contributed by atoms with Crippen LogP contribution in [-0.2, 0) is 11.3 Å². The summed E-state index contributed by atoms with van der Waals surface area (Å²) >= 11 is 0. The van der Waals surface area contributed by atoms with Crippen molar-refractivity contribution in [1.82, 2.24) is 9.97 Å². The number of benzene rings is 2. The average molecular weight is 396 g/mol. The molecule has 0 saturated carbocycles. The van der Waals surface area contributed by atoms with Gasteiger partial charge in [-0.25, -0.2) is 4.98 Å². The first kappa shape index (κ1) is 20.5. The van der Waals surface area contributed by atoms with Crippen LogP contribution in [0.4, 0.5) is 11.4 Å². The molecule has 1 aromatic heterocycles. The van der Waals surface area contributed by atoms with Gasteiger partial charge >= 0.3 is 0 Å². The van der Waals surface area contributed by atoms with Gasteiger partial charge in [0.2, 0.25) is 0 Å². The minimum absolute atomic E-state index is 0.0148. The molecule has 1 heterocycles. The van der Waals surface area contributed by atoms with Gasteiger partial charge in [0.25, 0.3) is 5.69 Å². The Hall–Kier alpha value is -3.23. The molecule has 0 radical (unpaired) electrons. The van der Waals surface area contributed by atoms with Gasteiger partial charge < -0.3 is 20.1 Å². The number of aromatic nitrogens is 2. The molecule has 3 aromatic rings. The molecular weight excluding hydrogens is 372 g/mol. The summed E-state index contributed by atoms with van der Waals surface area (Å²) in [6.07, 6.45) is 0. The molecule has 0 aliphatic heterocycles. The van der Waals surface area contributed by atoms with Crippen LogP contribution in [0.3, 0.4) is 0 Å². The maximum Gasteiger partial charge on any atom is 0.271 e. The first-order valence-electron chi connectivity index (χ1n) is 9.24. The van der Waals surface area contributed by atoms with Crippen molar-refractivity contribution in [2.45, 2.75) is 26.4 Å². The Labute approximate surface area is 168 Å². The van der Waals surface area contributed by atoms with Gasteiger partial charge in [-0.1, -0.05) is 25.6 Å². The SMILES string of the molecule is C=C(COCc1nc2ccc([N+](=O)[O-])cc2[nH]1)Nc1ccc(C(C)CO)cc1C. The molecule has 3 N–H and O–H groups in total. The van der Waals surface area contributed by atoms with E-state index in [4.69, 9.17) is 4.74 Å². The molecule has 0 bridgehead atoms. The number of non-ortho nitro benzene ring substituents is 1. The first-order chi connectivity index (χ1) is 13.9. The zero-order chi connectivity index (χ0) is 21.0. The fraction of sp³-hybridized carbons (Fsp3) is 0.286. The van der Waals surface area contributed by atoms with Gasteiger partial charge in [0.15, 0.2) is 0 Å². The number of anilines is 1. The molecule has 0 saturated heterocycles. The molecule has 0 spiro atoms. The van der Waals surface area contributed by atoms with Crippen LogP contribution in [0.15, 0.2) is 48.7 Å². The number of imidazole rings is 1. The highest BCUT2D eigenvalue weighted by atomic mass is 16.6. The highest BCUT2D eigenvalue weighted by molar-refractivity contribution is 5.77. The number of hydrogen-bond acceptors (Lipinski definition) is 6. The van der Waals surface area contributed by atoms with E-state index in [9.17, 15) is 15.2 Å². The van der Waals surface area contributed by atoms with Crippen molar-refractivity contribution >= 4 is 22.4 Å². The Morgan fingerprint density at radius 1 is 1.38 bits per heavy atom. The van der Waals surface area contributed by atoms with Gasteiger partial charge in [-0.2, -0.15) is 0 Å². The molecule has 0 aliphatic carbocycles. The number of aromatic amines is 1. The van der Waals surface area contributed by atoms with E-state index < -0.39 is 4.92 Å². The lowest BCUT2D eigenvalue weighted by atomic mass is 9.99. The third-order valence-corrected chi connectivity index (χ3v) is 4.65. The molecule has 1 unspecified atom stereocenters. The van der Waals surface area contributed by atoms with Gasteiger partial charge in [-0.05, 0) is 30.2 Å². The zero-order valence-corrected chi connectivity index (χ0v) is 16.4. The van der Waals surface area contributed by atoms with Crippen LogP contribution in [0.2, 0.25) is 0 Å². The van der Waals surface area contributed by atoms with Gasteiger partial charge in [0.05, 0.1) is 22.6 Å². The summed E-state index contributed by atoms with van der Waals surface area (Å²) in [5, 5.41) is 23.4. The van der Waals surface area contributed by atoms with Crippen LogP contribution in [0.5, 0.6) is 0 Å². The van der Waals surface area contributed by atoms with E-state index in [0.29, 0.717) is 22.6 Å². The molecule has 0 amide bonds.